The standard InChI is InChI=1S/C18H25N5O2S/c1-21(13-15-3-5-16(25-2)6-4-15)7-8-23-14-17(19-20-23)18(24)22-9-11-26-12-10-22/h3-6,14H,7-13H2,1-2H3. The van der Waals surface area contributed by atoms with Crippen LogP contribution in [0.15, 0.2) is 30.5 Å². The molecule has 8 heteroatoms. The summed E-state index contributed by atoms with van der Waals surface area (Å²) in [5, 5.41) is 8.16. The van der Waals surface area contributed by atoms with Crippen molar-refractivity contribution in [2.75, 3.05) is 45.3 Å². The highest BCUT2D eigenvalue weighted by Gasteiger charge is 2.21. The molecule has 1 fully saturated rings. The number of hydrogen-bond donors (Lipinski definition) is 0. The number of nitrogens with zero attached hydrogens (tertiary/aromatic N) is 5. The predicted molar refractivity (Wildman–Crippen MR) is 103 cm³/mol. The Morgan fingerprint density at radius 3 is 2.69 bits per heavy atom. The SMILES string of the molecule is COc1ccc(CN(C)CCn2cc(C(=O)N3CCSCC3)nn2)cc1. The number of benzene rings is 1. The Labute approximate surface area is 158 Å². The maximum atomic E-state index is 12.4. The van der Waals surface area contributed by atoms with Gasteiger partial charge >= 0.3 is 0 Å². The molecule has 2 aromatic rings. The predicted octanol–water partition coefficient (Wildman–Crippen LogP) is 1.61. The molecule has 1 aliphatic heterocycles. The van der Waals surface area contributed by atoms with Gasteiger partial charge < -0.3 is 14.5 Å². The molecule has 0 N–H and O–H groups in total. The van der Waals surface area contributed by atoms with Crippen LogP contribution >= 0.6 is 11.8 Å². The lowest BCUT2D eigenvalue weighted by atomic mass is 10.2. The van der Waals surface area contributed by atoms with Crippen molar-refractivity contribution >= 4 is 17.7 Å². The first-order chi connectivity index (χ1) is 12.7. The number of likely N-dealkylation sites (N-methyl/N-ethyl adjacent to an activating group) is 1. The lowest BCUT2D eigenvalue weighted by Gasteiger charge is -2.25. The molecule has 0 saturated carbocycles. The molecule has 0 bridgehead atoms. The second-order valence-corrected chi connectivity index (χ2v) is 7.58. The molecule has 1 aliphatic rings. The second kappa shape index (κ2) is 9.05. The second-order valence-electron chi connectivity index (χ2n) is 6.36. The van der Waals surface area contributed by atoms with Gasteiger partial charge in [-0.25, -0.2) is 0 Å². The van der Waals surface area contributed by atoms with Gasteiger partial charge in [0.25, 0.3) is 5.91 Å². The van der Waals surface area contributed by atoms with Crippen molar-refractivity contribution in [3.63, 3.8) is 0 Å². The highest BCUT2D eigenvalue weighted by atomic mass is 32.2. The van der Waals surface area contributed by atoms with E-state index in [9.17, 15) is 4.79 Å². The van der Waals surface area contributed by atoms with Crippen molar-refractivity contribution in [2.24, 2.45) is 0 Å². The van der Waals surface area contributed by atoms with Crippen LogP contribution in [-0.4, -0.2) is 76.0 Å². The molecule has 0 unspecified atom stereocenters. The number of carbonyl (C=O) groups is 1. The van der Waals surface area contributed by atoms with E-state index in [0.29, 0.717) is 12.2 Å². The van der Waals surface area contributed by atoms with Crippen molar-refractivity contribution in [1.29, 1.82) is 0 Å². The number of thioether (sulfide) groups is 1. The number of carbonyl (C=O) groups excluding carboxylic acids is 1. The fourth-order valence-electron chi connectivity index (χ4n) is 2.83. The van der Waals surface area contributed by atoms with Gasteiger partial charge in [0.05, 0.1) is 19.9 Å². The van der Waals surface area contributed by atoms with Crippen molar-refractivity contribution in [3.05, 3.63) is 41.7 Å². The molecule has 0 atom stereocenters. The van der Waals surface area contributed by atoms with E-state index in [1.165, 1.54) is 5.56 Å². The number of ether oxygens (including phenoxy) is 1. The first kappa shape index (κ1) is 18.7. The Kier molecular flexibility index (Phi) is 6.51. The number of methoxy groups -OCH3 is 1. The monoisotopic (exact) mass is 375 g/mol. The minimum Gasteiger partial charge on any atom is -0.497 e. The molecule has 1 aromatic heterocycles. The molecule has 1 amide bonds. The summed E-state index contributed by atoms with van der Waals surface area (Å²) in [6.45, 7) is 3.95. The smallest absolute Gasteiger partial charge is 0.276 e. The first-order valence-corrected chi connectivity index (χ1v) is 9.90. The quantitative estimate of drug-likeness (QED) is 0.733. The van der Waals surface area contributed by atoms with Gasteiger partial charge in [-0.2, -0.15) is 11.8 Å². The van der Waals surface area contributed by atoms with E-state index in [-0.39, 0.29) is 5.91 Å². The van der Waals surface area contributed by atoms with E-state index in [2.05, 4.69) is 34.4 Å². The van der Waals surface area contributed by atoms with E-state index < -0.39 is 0 Å². The van der Waals surface area contributed by atoms with Gasteiger partial charge in [0.15, 0.2) is 5.69 Å². The third kappa shape index (κ3) is 4.98. The Morgan fingerprint density at radius 1 is 1.27 bits per heavy atom. The topological polar surface area (TPSA) is 63.5 Å². The zero-order valence-electron chi connectivity index (χ0n) is 15.3. The van der Waals surface area contributed by atoms with Gasteiger partial charge in [-0.15, -0.1) is 5.10 Å². The molecule has 1 aromatic carbocycles. The summed E-state index contributed by atoms with van der Waals surface area (Å²) in [4.78, 5) is 16.5. The minimum atomic E-state index is -0.0110. The van der Waals surface area contributed by atoms with Crippen LogP contribution in [0.1, 0.15) is 16.1 Å². The Balaban J connectivity index is 1.48. The number of amides is 1. The molecular weight excluding hydrogens is 350 g/mol. The summed E-state index contributed by atoms with van der Waals surface area (Å²) < 4.78 is 6.93. The van der Waals surface area contributed by atoms with Crippen molar-refractivity contribution < 1.29 is 9.53 Å². The van der Waals surface area contributed by atoms with Gasteiger partial charge in [-0.3, -0.25) is 9.48 Å². The largest absolute Gasteiger partial charge is 0.497 e. The molecule has 0 aliphatic carbocycles. The summed E-state index contributed by atoms with van der Waals surface area (Å²) >= 11 is 1.88. The van der Waals surface area contributed by atoms with Crippen LogP contribution in [0.3, 0.4) is 0 Å². The van der Waals surface area contributed by atoms with Crippen molar-refractivity contribution in [2.45, 2.75) is 13.1 Å². The van der Waals surface area contributed by atoms with Gasteiger partial charge in [0.2, 0.25) is 0 Å². The summed E-state index contributed by atoms with van der Waals surface area (Å²) in [6.07, 6.45) is 1.76. The molecule has 0 radical (unpaired) electrons. The van der Waals surface area contributed by atoms with Crippen LogP contribution in [0.2, 0.25) is 0 Å². The third-order valence-corrected chi connectivity index (χ3v) is 5.32. The zero-order chi connectivity index (χ0) is 18.4. The Bertz CT molecular complexity index is 713. The van der Waals surface area contributed by atoms with E-state index in [0.717, 1.165) is 43.4 Å². The first-order valence-electron chi connectivity index (χ1n) is 8.74. The molecule has 1 saturated heterocycles. The number of hydrogen-bond acceptors (Lipinski definition) is 6. The van der Waals surface area contributed by atoms with Crippen LogP contribution in [0.4, 0.5) is 0 Å². The summed E-state index contributed by atoms with van der Waals surface area (Å²) in [6, 6.07) is 8.08. The molecule has 7 nitrogen and oxygen atoms in total. The van der Waals surface area contributed by atoms with Gasteiger partial charge in [-0.05, 0) is 24.7 Å². The van der Waals surface area contributed by atoms with Crippen molar-refractivity contribution in [3.8, 4) is 5.75 Å². The molecular formula is C18H25N5O2S. The summed E-state index contributed by atoms with van der Waals surface area (Å²) in [5.41, 5.74) is 1.67. The maximum Gasteiger partial charge on any atom is 0.276 e. The van der Waals surface area contributed by atoms with Crippen LogP contribution in [-0.2, 0) is 13.1 Å². The minimum absolute atomic E-state index is 0.0110. The third-order valence-electron chi connectivity index (χ3n) is 4.38. The van der Waals surface area contributed by atoms with E-state index in [4.69, 9.17) is 4.74 Å². The van der Waals surface area contributed by atoms with E-state index in [1.807, 2.05) is 28.8 Å². The highest BCUT2D eigenvalue weighted by Crippen LogP contribution is 2.13. The van der Waals surface area contributed by atoms with Crippen LogP contribution in [0.25, 0.3) is 0 Å². The van der Waals surface area contributed by atoms with Crippen LogP contribution in [0.5, 0.6) is 5.75 Å². The fraction of sp³-hybridized carbons (Fsp3) is 0.500. The molecule has 3 rings (SSSR count). The Morgan fingerprint density at radius 2 is 2.00 bits per heavy atom. The summed E-state index contributed by atoms with van der Waals surface area (Å²) in [7, 11) is 3.74. The van der Waals surface area contributed by atoms with E-state index in [1.54, 1.807) is 18.0 Å². The number of rotatable bonds is 7. The van der Waals surface area contributed by atoms with Crippen LogP contribution in [0, 0.1) is 0 Å². The maximum absolute atomic E-state index is 12.4. The van der Waals surface area contributed by atoms with Gasteiger partial charge in [-0.1, -0.05) is 17.3 Å². The number of aromatic nitrogens is 3. The van der Waals surface area contributed by atoms with E-state index >= 15 is 0 Å². The van der Waals surface area contributed by atoms with Crippen molar-refractivity contribution in [1.82, 2.24) is 24.8 Å². The normalized spacial score (nSPS) is 14.7. The zero-order valence-corrected chi connectivity index (χ0v) is 16.1. The molecule has 26 heavy (non-hydrogen) atoms. The average Bonchev–Trinajstić information content (AvgIpc) is 3.16. The lowest BCUT2D eigenvalue weighted by Crippen LogP contribution is -2.38. The Hall–Kier alpha value is -2.06. The van der Waals surface area contributed by atoms with Gasteiger partial charge in [0, 0.05) is 37.7 Å². The van der Waals surface area contributed by atoms with Gasteiger partial charge in [0.1, 0.15) is 5.75 Å². The molecule has 0 spiro atoms. The fourth-order valence-corrected chi connectivity index (χ4v) is 3.73. The average molecular weight is 375 g/mol. The molecule has 140 valence electrons. The summed E-state index contributed by atoms with van der Waals surface area (Å²) in [5.74, 6) is 2.85. The molecule has 2 heterocycles. The van der Waals surface area contributed by atoms with Crippen LogP contribution < -0.4 is 4.74 Å². The highest BCUT2D eigenvalue weighted by molar-refractivity contribution is 7.99. The lowest BCUT2D eigenvalue weighted by molar-refractivity contribution is 0.0766.